The van der Waals surface area contributed by atoms with Gasteiger partial charge in [0.1, 0.15) is 5.75 Å². The van der Waals surface area contributed by atoms with Gasteiger partial charge in [0.25, 0.3) is 0 Å². The van der Waals surface area contributed by atoms with Crippen molar-refractivity contribution in [1.29, 1.82) is 0 Å². The van der Waals surface area contributed by atoms with Crippen molar-refractivity contribution < 1.29 is 9.53 Å². The van der Waals surface area contributed by atoms with Gasteiger partial charge in [-0.2, -0.15) is 0 Å². The summed E-state index contributed by atoms with van der Waals surface area (Å²) in [6.07, 6.45) is 2.42. The Morgan fingerprint density at radius 2 is 2.26 bits per heavy atom. The summed E-state index contributed by atoms with van der Waals surface area (Å²) in [7, 11) is 0. The number of hydrogen-bond acceptors (Lipinski definition) is 2. The molecular weight excluding hydrogens is 262 g/mol. The maximum atomic E-state index is 11.9. The van der Waals surface area contributed by atoms with E-state index in [4.69, 9.17) is 16.3 Å². The molecule has 1 saturated heterocycles. The van der Waals surface area contributed by atoms with Crippen LogP contribution in [0.1, 0.15) is 20.3 Å². The van der Waals surface area contributed by atoms with Crippen molar-refractivity contribution in [3.63, 3.8) is 0 Å². The molecule has 102 valence electrons. The second-order valence-corrected chi connectivity index (χ2v) is 5.39. The Morgan fingerprint density at radius 3 is 2.79 bits per heavy atom. The van der Waals surface area contributed by atoms with Gasteiger partial charge < -0.3 is 9.64 Å². The molecule has 0 radical (unpaired) electrons. The van der Waals surface area contributed by atoms with Crippen molar-refractivity contribution in [3.8, 4) is 5.75 Å². The highest BCUT2D eigenvalue weighted by atomic mass is 35.5. The second kappa shape index (κ2) is 5.66. The van der Waals surface area contributed by atoms with Crippen LogP contribution in [0.4, 0.5) is 5.69 Å². The van der Waals surface area contributed by atoms with Gasteiger partial charge in [-0.15, -0.1) is 6.58 Å². The molecule has 1 aromatic rings. The number of benzene rings is 1. The first-order valence-electron chi connectivity index (χ1n) is 6.40. The molecule has 2 rings (SSSR count). The lowest BCUT2D eigenvalue weighted by Gasteiger charge is -2.18. The van der Waals surface area contributed by atoms with Crippen molar-refractivity contribution >= 4 is 23.2 Å². The zero-order chi connectivity index (χ0) is 14.0. The lowest BCUT2D eigenvalue weighted by atomic mass is 10.1. The molecule has 0 saturated carbocycles. The van der Waals surface area contributed by atoms with Crippen LogP contribution < -0.4 is 9.64 Å². The monoisotopic (exact) mass is 279 g/mol. The molecule has 1 aromatic carbocycles. The molecule has 0 N–H and O–H groups in total. The topological polar surface area (TPSA) is 29.5 Å². The SMILES string of the molecule is C=CC1CC(=O)N(c2ccc(OC(C)C)c(Cl)c2)C1. The molecule has 1 fully saturated rings. The highest BCUT2D eigenvalue weighted by Crippen LogP contribution is 2.33. The normalized spacial score (nSPS) is 19.1. The molecule has 19 heavy (non-hydrogen) atoms. The molecule has 1 unspecified atom stereocenters. The molecule has 4 heteroatoms. The van der Waals surface area contributed by atoms with Crippen molar-refractivity contribution in [2.75, 3.05) is 11.4 Å². The number of hydrogen-bond donors (Lipinski definition) is 0. The van der Waals surface area contributed by atoms with Gasteiger partial charge in [-0.25, -0.2) is 0 Å². The summed E-state index contributed by atoms with van der Waals surface area (Å²) < 4.78 is 5.58. The van der Waals surface area contributed by atoms with Crippen LogP contribution in [-0.4, -0.2) is 18.6 Å². The highest BCUT2D eigenvalue weighted by molar-refractivity contribution is 6.32. The van der Waals surface area contributed by atoms with Crippen molar-refractivity contribution in [2.24, 2.45) is 5.92 Å². The molecule has 1 atom stereocenters. The zero-order valence-electron chi connectivity index (χ0n) is 11.2. The lowest BCUT2D eigenvalue weighted by molar-refractivity contribution is -0.117. The van der Waals surface area contributed by atoms with Crippen LogP contribution in [0.15, 0.2) is 30.9 Å². The van der Waals surface area contributed by atoms with Crippen molar-refractivity contribution in [3.05, 3.63) is 35.9 Å². The van der Waals surface area contributed by atoms with Crippen LogP contribution in [0.5, 0.6) is 5.75 Å². The van der Waals surface area contributed by atoms with Crippen molar-refractivity contribution in [2.45, 2.75) is 26.4 Å². The molecule has 0 bridgehead atoms. The maximum Gasteiger partial charge on any atom is 0.227 e. The molecule has 3 nitrogen and oxygen atoms in total. The van der Waals surface area contributed by atoms with Crippen LogP contribution in [0.25, 0.3) is 0 Å². The molecule has 0 spiro atoms. The number of amides is 1. The first-order valence-corrected chi connectivity index (χ1v) is 6.78. The molecule has 1 aliphatic rings. The Hall–Kier alpha value is -1.48. The lowest BCUT2D eigenvalue weighted by Crippen LogP contribution is -2.24. The van der Waals surface area contributed by atoms with E-state index >= 15 is 0 Å². The Bertz CT molecular complexity index is 499. The van der Waals surface area contributed by atoms with E-state index in [1.54, 1.807) is 11.0 Å². The second-order valence-electron chi connectivity index (χ2n) is 4.99. The van der Waals surface area contributed by atoms with Gasteiger partial charge in [0.05, 0.1) is 11.1 Å². The molecule has 0 aliphatic carbocycles. The van der Waals surface area contributed by atoms with Gasteiger partial charge in [-0.3, -0.25) is 4.79 Å². The third-order valence-electron chi connectivity index (χ3n) is 3.08. The van der Waals surface area contributed by atoms with Crippen LogP contribution >= 0.6 is 11.6 Å². The average Bonchev–Trinajstić information content (AvgIpc) is 2.73. The van der Waals surface area contributed by atoms with E-state index in [1.165, 1.54) is 0 Å². The van der Waals surface area contributed by atoms with Gasteiger partial charge in [0.2, 0.25) is 5.91 Å². The first-order chi connectivity index (χ1) is 9.01. The van der Waals surface area contributed by atoms with Gasteiger partial charge in [-0.1, -0.05) is 17.7 Å². The van der Waals surface area contributed by atoms with Gasteiger partial charge in [0, 0.05) is 24.6 Å². The molecule has 0 aromatic heterocycles. The van der Waals surface area contributed by atoms with Gasteiger partial charge in [0.15, 0.2) is 0 Å². The van der Waals surface area contributed by atoms with Crippen molar-refractivity contribution in [1.82, 2.24) is 0 Å². The number of anilines is 1. The van der Waals surface area contributed by atoms with E-state index in [0.717, 1.165) is 5.69 Å². The highest BCUT2D eigenvalue weighted by Gasteiger charge is 2.28. The Morgan fingerprint density at radius 1 is 1.53 bits per heavy atom. The van der Waals surface area contributed by atoms with E-state index in [9.17, 15) is 4.79 Å². The number of ether oxygens (including phenoxy) is 1. The maximum absolute atomic E-state index is 11.9. The minimum atomic E-state index is 0.0712. The molecular formula is C15H18ClNO2. The van der Waals surface area contributed by atoms with Crippen LogP contribution in [0.3, 0.4) is 0 Å². The van der Waals surface area contributed by atoms with Gasteiger partial charge >= 0.3 is 0 Å². The van der Waals surface area contributed by atoms with E-state index in [-0.39, 0.29) is 17.9 Å². The van der Waals surface area contributed by atoms with E-state index in [2.05, 4.69) is 6.58 Å². The Balaban J connectivity index is 2.20. The fraction of sp³-hybridized carbons (Fsp3) is 0.400. The van der Waals surface area contributed by atoms with Crippen LogP contribution in [-0.2, 0) is 4.79 Å². The Labute approximate surface area is 118 Å². The number of nitrogens with zero attached hydrogens (tertiary/aromatic N) is 1. The number of carbonyl (C=O) groups is 1. The van der Waals surface area contributed by atoms with Crippen LogP contribution in [0.2, 0.25) is 5.02 Å². The minimum absolute atomic E-state index is 0.0712. The summed E-state index contributed by atoms with van der Waals surface area (Å²) in [5.74, 6) is 0.976. The fourth-order valence-electron chi connectivity index (χ4n) is 2.15. The standard InChI is InChI=1S/C15H18ClNO2/c1-4-11-7-15(18)17(9-11)12-5-6-14(13(16)8-12)19-10(2)3/h4-6,8,10-11H,1,7,9H2,2-3H3. The largest absolute Gasteiger partial charge is 0.489 e. The summed E-state index contributed by atoms with van der Waals surface area (Å²) in [6.45, 7) is 8.31. The van der Waals surface area contributed by atoms with Crippen LogP contribution in [0, 0.1) is 5.92 Å². The number of halogens is 1. The minimum Gasteiger partial charge on any atom is -0.489 e. The third kappa shape index (κ3) is 3.10. The summed E-state index contributed by atoms with van der Waals surface area (Å²) in [5, 5.41) is 0.529. The quantitative estimate of drug-likeness (QED) is 0.787. The molecule has 1 aliphatic heterocycles. The smallest absolute Gasteiger partial charge is 0.227 e. The zero-order valence-corrected chi connectivity index (χ0v) is 12.0. The fourth-order valence-corrected chi connectivity index (χ4v) is 2.37. The van der Waals surface area contributed by atoms with E-state index in [1.807, 2.05) is 32.1 Å². The first kappa shape index (κ1) is 13.9. The number of carbonyl (C=O) groups excluding carboxylic acids is 1. The average molecular weight is 280 g/mol. The predicted octanol–water partition coefficient (Wildman–Crippen LogP) is 3.67. The Kier molecular flexibility index (Phi) is 4.15. The summed E-state index contributed by atoms with van der Waals surface area (Å²) >= 11 is 6.19. The summed E-state index contributed by atoms with van der Waals surface area (Å²) in [5.41, 5.74) is 0.815. The van der Waals surface area contributed by atoms with E-state index < -0.39 is 0 Å². The predicted molar refractivity (Wildman–Crippen MR) is 77.9 cm³/mol. The number of rotatable bonds is 4. The van der Waals surface area contributed by atoms with E-state index in [0.29, 0.717) is 23.7 Å². The molecule has 1 amide bonds. The summed E-state index contributed by atoms with van der Waals surface area (Å²) in [4.78, 5) is 13.7. The molecule has 1 heterocycles. The third-order valence-corrected chi connectivity index (χ3v) is 3.37. The summed E-state index contributed by atoms with van der Waals surface area (Å²) in [6, 6.07) is 5.46. The van der Waals surface area contributed by atoms with Gasteiger partial charge in [-0.05, 0) is 32.0 Å².